The topological polar surface area (TPSA) is 55.1 Å². The van der Waals surface area contributed by atoms with Gasteiger partial charge in [-0.2, -0.15) is 0 Å². The normalized spacial score (nSPS) is 32.1. The summed E-state index contributed by atoms with van der Waals surface area (Å²) in [7, 11) is 0. The fourth-order valence-corrected chi connectivity index (χ4v) is 6.22. The summed E-state index contributed by atoms with van der Waals surface area (Å²) < 4.78 is 16.7. The average Bonchev–Trinajstić information content (AvgIpc) is 3.28. The molecular formula is C23H27FN2O2. The Hall–Kier alpha value is -2.01. The first kappa shape index (κ1) is 18.0. The zero-order chi connectivity index (χ0) is 19.5. The van der Waals surface area contributed by atoms with E-state index in [9.17, 15) is 14.3 Å². The Balaban J connectivity index is 1.47. The molecule has 28 heavy (non-hydrogen) atoms. The van der Waals surface area contributed by atoms with Crippen LogP contribution in [0, 0.1) is 23.1 Å². The number of fused-ring (bicyclic) bond motifs is 5. The Morgan fingerprint density at radius 3 is 3.07 bits per heavy atom. The van der Waals surface area contributed by atoms with Crippen LogP contribution in [-0.2, 0) is 4.79 Å². The summed E-state index contributed by atoms with van der Waals surface area (Å²) in [6.07, 6.45) is 8.63. The van der Waals surface area contributed by atoms with Crippen LogP contribution in [0.2, 0.25) is 0 Å². The number of hydrogen-bond acceptors (Lipinski definition) is 3. The largest absolute Gasteiger partial charge is 0.392 e. The summed E-state index contributed by atoms with van der Waals surface area (Å²) in [6.45, 7) is 2.13. The second-order valence-corrected chi connectivity index (χ2v) is 9.08. The lowest BCUT2D eigenvalue weighted by molar-refractivity contribution is -0.134. The Bertz CT molecular complexity index is 923. The number of hydrogen-bond donors (Lipinski definition) is 1. The molecule has 0 radical (unpaired) electrons. The monoisotopic (exact) mass is 382 g/mol. The van der Waals surface area contributed by atoms with Crippen LogP contribution in [0.5, 0.6) is 0 Å². The Morgan fingerprint density at radius 2 is 2.25 bits per heavy atom. The van der Waals surface area contributed by atoms with Crippen LogP contribution in [0.4, 0.5) is 4.39 Å². The number of imidazole rings is 1. The van der Waals surface area contributed by atoms with Crippen LogP contribution in [0.15, 0.2) is 30.7 Å². The number of aliphatic hydroxyl groups is 1. The predicted molar refractivity (Wildman–Crippen MR) is 104 cm³/mol. The van der Waals surface area contributed by atoms with E-state index in [1.165, 1.54) is 6.07 Å². The van der Waals surface area contributed by atoms with Crippen LogP contribution < -0.4 is 0 Å². The number of aliphatic hydroxyl groups excluding tert-OH is 1. The number of rotatable bonds is 4. The van der Waals surface area contributed by atoms with E-state index in [1.807, 2.05) is 10.6 Å². The molecule has 2 aromatic rings. The number of carbonyl (C=O) groups is 1. The summed E-state index contributed by atoms with van der Waals surface area (Å²) in [5, 5.41) is 11.4. The number of benzene rings is 1. The number of halogens is 1. The molecule has 2 heterocycles. The highest BCUT2D eigenvalue weighted by Crippen LogP contribution is 2.53. The van der Waals surface area contributed by atoms with E-state index in [1.54, 1.807) is 18.6 Å². The van der Waals surface area contributed by atoms with Crippen molar-refractivity contribution in [1.29, 1.82) is 0 Å². The van der Waals surface area contributed by atoms with Gasteiger partial charge in [0, 0.05) is 23.5 Å². The zero-order valence-corrected chi connectivity index (χ0v) is 16.3. The van der Waals surface area contributed by atoms with Crippen LogP contribution in [0.25, 0.3) is 11.3 Å². The van der Waals surface area contributed by atoms with E-state index in [-0.39, 0.29) is 23.2 Å². The third-order valence-corrected chi connectivity index (χ3v) is 7.74. The fourth-order valence-electron chi connectivity index (χ4n) is 6.22. The molecule has 1 aromatic heterocycles. The Morgan fingerprint density at radius 1 is 1.39 bits per heavy atom. The summed E-state index contributed by atoms with van der Waals surface area (Å²) in [5.41, 5.74) is 2.19. The van der Waals surface area contributed by atoms with Crippen LogP contribution in [0.3, 0.4) is 0 Å². The molecule has 1 aromatic carbocycles. The lowest BCUT2D eigenvalue weighted by Crippen LogP contribution is -2.46. The van der Waals surface area contributed by atoms with E-state index in [4.69, 9.17) is 0 Å². The van der Waals surface area contributed by atoms with Crippen molar-refractivity contribution < 1.29 is 14.3 Å². The minimum absolute atomic E-state index is 0.0958. The number of Topliss-reactive ketones (excluding diaryl/α,β-unsaturated/α-hetero) is 1. The highest BCUT2D eigenvalue weighted by atomic mass is 19.1. The second kappa shape index (κ2) is 6.51. The SMILES string of the molecule is CCC1(C(O)CC2c3c(F)cccc3-c3cncn32)CC2CCC(=O)C(C2)C1. The van der Waals surface area contributed by atoms with Gasteiger partial charge in [0.1, 0.15) is 11.6 Å². The van der Waals surface area contributed by atoms with Gasteiger partial charge in [-0.3, -0.25) is 4.79 Å². The molecule has 3 aliphatic rings. The molecule has 5 unspecified atom stereocenters. The molecule has 0 spiro atoms. The van der Waals surface area contributed by atoms with Gasteiger partial charge in [0.2, 0.25) is 0 Å². The maximum atomic E-state index is 14.7. The van der Waals surface area contributed by atoms with Gasteiger partial charge in [-0.15, -0.1) is 0 Å². The predicted octanol–water partition coefficient (Wildman–Crippen LogP) is 4.52. The van der Waals surface area contributed by atoms with Crippen molar-refractivity contribution >= 4 is 5.78 Å². The van der Waals surface area contributed by atoms with Crippen LogP contribution >= 0.6 is 0 Å². The van der Waals surface area contributed by atoms with Gasteiger partial charge in [0.05, 0.1) is 30.4 Å². The molecule has 0 amide bonds. The quantitative estimate of drug-likeness (QED) is 0.846. The molecule has 0 saturated heterocycles. The summed E-state index contributed by atoms with van der Waals surface area (Å²) in [5.74, 6) is 0.774. The maximum Gasteiger partial charge on any atom is 0.136 e. The fraction of sp³-hybridized carbons (Fsp3) is 0.565. The molecule has 2 saturated carbocycles. The number of ketones is 1. The van der Waals surface area contributed by atoms with E-state index in [0.29, 0.717) is 30.1 Å². The molecule has 2 fully saturated rings. The van der Waals surface area contributed by atoms with Gasteiger partial charge >= 0.3 is 0 Å². The number of aromatic nitrogens is 2. The Kier molecular flexibility index (Phi) is 4.20. The van der Waals surface area contributed by atoms with E-state index >= 15 is 0 Å². The van der Waals surface area contributed by atoms with Crippen molar-refractivity contribution in [2.45, 2.75) is 64.0 Å². The van der Waals surface area contributed by atoms with Gasteiger partial charge in [-0.1, -0.05) is 19.1 Å². The lowest BCUT2D eigenvalue weighted by atomic mass is 9.57. The van der Waals surface area contributed by atoms with Crippen molar-refractivity contribution in [1.82, 2.24) is 9.55 Å². The molecule has 1 aliphatic heterocycles. The molecule has 4 nitrogen and oxygen atoms in total. The highest BCUT2D eigenvalue weighted by Gasteiger charge is 2.49. The molecule has 1 N–H and O–H groups in total. The first-order chi connectivity index (χ1) is 13.5. The average molecular weight is 382 g/mol. The van der Waals surface area contributed by atoms with Crippen LogP contribution in [-0.4, -0.2) is 26.5 Å². The van der Waals surface area contributed by atoms with Gasteiger partial charge in [-0.25, -0.2) is 9.37 Å². The molecule has 148 valence electrons. The third-order valence-electron chi connectivity index (χ3n) is 7.74. The summed E-state index contributed by atoms with van der Waals surface area (Å²) >= 11 is 0. The number of carbonyl (C=O) groups excluding carboxylic acids is 1. The zero-order valence-electron chi connectivity index (χ0n) is 16.3. The van der Waals surface area contributed by atoms with E-state index in [0.717, 1.165) is 43.4 Å². The maximum absolute atomic E-state index is 14.7. The van der Waals surface area contributed by atoms with Gasteiger partial charge < -0.3 is 9.67 Å². The molecule has 5 heteroatoms. The molecule has 2 aliphatic carbocycles. The lowest BCUT2D eigenvalue weighted by Gasteiger charge is -2.49. The molecular weight excluding hydrogens is 355 g/mol. The molecule has 5 rings (SSSR count). The van der Waals surface area contributed by atoms with Gasteiger partial charge in [-0.05, 0) is 55.9 Å². The van der Waals surface area contributed by atoms with Gasteiger partial charge in [0.25, 0.3) is 0 Å². The molecule has 2 bridgehead atoms. The standard InChI is InChI=1S/C23H27FN2O2/c1-2-23(10-14-6-7-20(27)15(8-14)11-23)21(28)9-18-22-16(4-3-5-17(22)24)19-12-25-13-26(18)19/h3-5,12-15,18,21,28H,2,6-11H2,1H3. The first-order valence-corrected chi connectivity index (χ1v) is 10.5. The minimum atomic E-state index is -0.570. The highest BCUT2D eigenvalue weighted by molar-refractivity contribution is 5.82. The van der Waals surface area contributed by atoms with Crippen molar-refractivity contribution in [3.8, 4) is 11.3 Å². The van der Waals surface area contributed by atoms with E-state index in [2.05, 4.69) is 11.9 Å². The second-order valence-electron chi connectivity index (χ2n) is 9.08. The number of nitrogens with zero attached hydrogens (tertiary/aromatic N) is 2. The smallest absolute Gasteiger partial charge is 0.136 e. The van der Waals surface area contributed by atoms with Crippen molar-refractivity contribution in [2.75, 3.05) is 0 Å². The minimum Gasteiger partial charge on any atom is -0.392 e. The van der Waals surface area contributed by atoms with Crippen molar-refractivity contribution in [3.05, 3.63) is 42.1 Å². The Labute approximate surface area is 164 Å². The first-order valence-electron chi connectivity index (χ1n) is 10.5. The van der Waals surface area contributed by atoms with Crippen molar-refractivity contribution in [2.24, 2.45) is 17.3 Å². The third kappa shape index (κ3) is 2.59. The summed E-state index contributed by atoms with van der Waals surface area (Å²) in [6, 6.07) is 4.91. The van der Waals surface area contributed by atoms with Crippen molar-refractivity contribution in [3.63, 3.8) is 0 Å². The van der Waals surface area contributed by atoms with Crippen LogP contribution in [0.1, 0.15) is 63.5 Å². The molecule has 5 atom stereocenters. The van der Waals surface area contributed by atoms with Gasteiger partial charge in [0.15, 0.2) is 0 Å². The summed E-state index contributed by atoms with van der Waals surface area (Å²) in [4.78, 5) is 16.6. The van der Waals surface area contributed by atoms with E-state index < -0.39 is 6.10 Å².